The minimum Gasteiger partial charge on any atom is -0.503 e. The maximum Gasteiger partial charge on any atom is 0.338 e. The van der Waals surface area contributed by atoms with Crippen molar-refractivity contribution in [2.45, 2.75) is 26.8 Å². The van der Waals surface area contributed by atoms with Gasteiger partial charge in [-0.05, 0) is 50.6 Å². The zero-order chi connectivity index (χ0) is 27.7. The van der Waals surface area contributed by atoms with E-state index in [1.807, 2.05) is 61.5 Å². The van der Waals surface area contributed by atoms with Crippen LogP contribution < -0.4 is 4.90 Å². The maximum absolute atomic E-state index is 14.0. The van der Waals surface area contributed by atoms with Crippen molar-refractivity contribution in [3.05, 3.63) is 117 Å². The lowest BCUT2D eigenvalue weighted by Gasteiger charge is -2.27. The number of hydrogen-bond donors (Lipinski definition) is 1. The van der Waals surface area contributed by atoms with E-state index in [0.29, 0.717) is 32.4 Å². The molecule has 2 heterocycles. The number of carbonyl (C=O) groups excluding carboxylic acids is 3. The fourth-order valence-corrected chi connectivity index (χ4v) is 5.69. The van der Waals surface area contributed by atoms with Crippen molar-refractivity contribution in [3.8, 4) is 10.6 Å². The zero-order valence-electron chi connectivity index (χ0n) is 21.7. The number of hydrogen-bond acceptors (Lipinski definition) is 7. The minimum atomic E-state index is -0.875. The number of carbonyl (C=O) groups is 3. The van der Waals surface area contributed by atoms with Gasteiger partial charge in [0.2, 0.25) is 5.78 Å². The molecule has 1 aliphatic heterocycles. The Balaban J connectivity index is 1.59. The van der Waals surface area contributed by atoms with Crippen LogP contribution in [0.5, 0.6) is 0 Å². The van der Waals surface area contributed by atoms with Crippen LogP contribution in [0.4, 0.5) is 5.69 Å². The molecule has 0 saturated heterocycles. The lowest BCUT2D eigenvalue weighted by atomic mass is 9.94. The molecule has 0 bridgehead atoms. The van der Waals surface area contributed by atoms with Gasteiger partial charge in [-0.15, -0.1) is 11.3 Å². The Morgan fingerprint density at radius 1 is 1.00 bits per heavy atom. The van der Waals surface area contributed by atoms with Crippen LogP contribution in [-0.4, -0.2) is 34.4 Å². The van der Waals surface area contributed by atoms with Crippen LogP contribution in [0.1, 0.15) is 49.8 Å². The number of aliphatic hydroxyl groups excluding tert-OH is 1. The normalized spacial score (nSPS) is 15.1. The van der Waals surface area contributed by atoms with Crippen molar-refractivity contribution in [2.75, 3.05) is 11.5 Å². The molecule has 0 aliphatic carbocycles. The number of benzene rings is 3. The van der Waals surface area contributed by atoms with Crippen LogP contribution in [0.25, 0.3) is 10.6 Å². The van der Waals surface area contributed by atoms with Crippen LogP contribution in [0.15, 0.2) is 90.2 Å². The van der Waals surface area contributed by atoms with Crippen molar-refractivity contribution < 1.29 is 24.2 Å². The van der Waals surface area contributed by atoms with Crippen LogP contribution in [-0.2, 0) is 9.53 Å². The van der Waals surface area contributed by atoms with E-state index in [9.17, 15) is 19.5 Å². The number of ketones is 1. The highest BCUT2D eigenvalue weighted by Crippen LogP contribution is 2.43. The van der Waals surface area contributed by atoms with Crippen molar-refractivity contribution >= 4 is 34.7 Å². The summed E-state index contributed by atoms with van der Waals surface area (Å²) in [5.74, 6) is -2.22. The van der Waals surface area contributed by atoms with Crippen LogP contribution in [0.3, 0.4) is 0 Å². The quantitative estimate of drug-likeness (QED) is 0.216. The molecular weight excluding hydrogens is 512 g/mol. The van der Waals surface area contributed by atoms with Crippen molar-refractivity contribution in [2.24, 2.45) is 0 Å². The summed E-state index contributed by atoms with van der Waals surface area (Å²) in [7, 11) is 0. The molecular formula is C31H26N2O5S. The molecule has 0 spiro atoms. The molecule has 8 heteroatoms. The third-order valence-corrected chi connectivity index (χ3v) is 7.70. The molecule has 0 fully saturated rings. The number of rotatable bonds is 7. The first-order valence-electron chi connectivity index (χ1n) is 12.5. The van der Waals surface area contributed by atoms with Gasteiger partial charge in [0.05, 0.1) is 34.4 Å². The van der Waals surface area contributed by atoms with Gasteiger partial charge in [-0.1, -0.05) is 60.2 Å². The monoisotopic (exact) mass is 538 g/mol. The molecule has 1 unspecified atom stereocenters. The standard InChI is InChI=1S/C31H26N2O5S/c1-4-38-31(37)21-13-15-23(16-14-21)33-25(22-12-8-9-18(2)17-22)24(27(35)30(33)36)26(34)28-19(3)32-29(39-28)20-10-6-5-7-11-20/h5-17,25,35H,4H2,1-3H3. The van der Waals surface area contributed by atoms with E-state index < -0.39 is 29.5 Å². The highest BCUT2D eigenvalue weighted by atomic mass is 32.1. The van der Waals surface area contributed by atoms with E-state index in [-0.39, 0.29) is 12.2 Å². The molecule has 0 radical (unpaired) electrons. The van der Waals surface area contributed by atoms with Gasteiger partial charge in [-0.2, -0.15) is 0 Å². The summed E-state index contributed by atoms with van der Waals surface area (Å²) in [5.41, 5.74) is 3.78. The first-order valence-corrected chi connectivity index (χ1v) is 13.3. The molecule has 39 heavy (non-hydrogen) atoms. The fourth-order valence-electron chi connectivity index (χ4n) is 4.67. The Kier molecular flexibility index (Phi) is 7.13. The maximum atomic E-state index is 14.0. The first kappa shape index (κ1) is 26.1. The molecule has 1 atom stereocenters. The largest absolute Gasteiger partial charge is 0.503 e. The second kappa shape index (κ2) is 10.7. The molecule has 1 aliphatic rings. The number of aryl methyl sites for hydroxylation is 2. The Morgan fingerprint density at radius 2 is 1.72 bits per heavy atom. The Bertz CT molecular complexity index is 1610. The highest BCUT2D eigenvalue weighted by molar-refractivity contribution is 7.17. The first-order chi connectivity index (χ1) is 18.8. The van der Waals surface area contributed by atoms with Gasteiger partial charge in [0.1, 0.15) is 5.01 Å². The lowest BCUT2D eigenvalue weighted by molar-refractivity contribution is -0.117. The number of esters is 1. The van der Waals surface area contributed by atoms with Gasteiger partial charge in [-0.25, -0.2) is 9.78 Å². The van der Waals surface area contributed by atoms with Gasteiger partial charge in [0.15, 0.2) is 5.76 Å². The van der Waals surface area contributed by atoms with E-state index in [2.05, 4.69) is 4.98 Å². The van der Waals surface area contributed by atoms with Crippen molar-refractivity contribution in [3.63, 3.8) is 0 Å². The highest BCUT2D eigenvalue weighted by Gasteiger charge is 2.45. The smallest absolute Gasteiger partial charge is 0.338 e. The Morgan fingerprint density at radius 3 is 2.38 bits per heavy atom. The fraction of sp³-hybridized carbons (Fsp3) is 0.161. The number of amides is 1. The van der Waals surface area contributed by atoms with Crippen molar-refractivity contribution in [1.82, 2.24) is 4.98 Å². The number of aliphatic hydroxyl groups is 1. The van der Waals surface area contributed by atoms with Gasteiger partial charge in [0.25, 0.3) is 5.91 Å². The van der Waals surface area contributed by atoms with E-state index in [1.54, 1.807) is 38.1 Å². The summed E-state index contributed by atoms with van der Waals surface area (Å²) >= 11 is 1.23. The zero-order valence-corrected chi connectivity index (χ0v) is 22.5. The molecule has 1 N–H and O–H groups in total. The number of aromatic nitrogens is 1. The lowest BCUT2D eigenvalue weighted by Crippen LogP contribution is -2.31. The van der Waals surface area contributed by atoms with Crippen LogP contribution in [0.2, 0.25) is 0 Å². The van der Waals surface area contributed by atoms with Crippen LogP contribution in [0, 0.1) is 13.8 Å². The second-order valence-electron chi connectivity index (χ2n) is 9.15. The summed E-state index contributed by atoms with van der Waals surface area (Å²) in [4.78, 5) is 46.1. The van der Waals surface area contributed by atoms with Crippen molar-refractivity contribution in [1.29, 1.82) is 0 Å². The second-order valence-corrected chi connectivity index (χ2v) is 10.1. The van der Waals surface area contributed by atoms with E-state index >= 15 is 0 Å². The predicted octanol–water partition coefficient (Wildman–Crippen LogP) is 6.39. The molecule has 1 aromatic heterocycles. The summed E-state index contributed by atoms with van der Waals surface area (Å²) in [5, 5.41) is 11.8. The Hall–Kier alpha value is -4.56. The molecule has 0 saturated carbocycles. The molecule has 4 aromatic rings. The van der Waals surface area contributed by atoms with E-state index in [0.717, 1.165) is 11.1 Å². The van der Waals surface area contributed by atoms with Gasteiger partial charge >= 0.3 is 5.97 Å². The summed E-state index contributed by atoms with van der Waals surface area (Å²) in [6.07, 6.45) is 0. The number of Topliss-reactive ketones (excluding diaryl/α,β-unsaturated/α-hetero) is 1. The molecule has 196 valence electrons. The summed E-state index contributed by atoms with van der Waals surface area (Å²) in [6, 6.07) is 22.5. The van der Waals surface area contributed by atoms with E-state index in [4.69, 9.17) is 4.74 Å². The van der Waals surface area contributed by atoms with Gasteiger partial charge < -0.3 is 9.84 Å². The topological polar surface area (TPSA) is 96.8 Å². The molecule has 1 amide bonds. The average molecular weight is 539 g/mol. The third kappa shape index (κ3) is 4.86. The SMILES string of the molecule is CCOC(=O)c1ccc(N2C(=O)C(O)=C(C(=O)c3sc(-c4ccccc4)nc3C)C2c2cccc(C)c2)cc1. The van der Waals surface area contributed by atoms with Gasteiger partial charge in [0, 0.05) is 11.3 Å². The third-order valence-electron chi connectivity index (χ3n) is 6.49. The molecule has 7 nitrogen and oxygen atoms in total. The average Bonchev–Trinajstić information content (AvgIpc) is 3.46. The number of ether oxygens (including phenoxy) is 1. The molecule has 3 aromatic carbocycles. The van der Waals surface area contributed by atoms with Crippen LogP contribution >= 0.6 is 11.3 Å². The number of nitrogens with zero attached hydrogens (tertiary/aromatic N) is 2. The Labute approximate surface area is 230 Å². The van der Waals surface area contributed by atoms with Gasteiger partial charge in [-0.3, -0.25) is 14.5 Å². The minimum absolute atomic E-state index is 0.00793. The summed E-state index contributed by atoms with van der Waals surface area (Å²) < 4.78 is 5.06. The molecule has 5 rings (SSSR count). The van der Waals surface area contributed by atoms with E-state index in [1.165, 1.54) is 16.2 Å². The summed E-state index contributed by atoms with van der Waals surface area (Å²) in [6.45, 7) is 5.64. The number of thiazole rings is 1. The predicted molar refractivity (Wildman–Crippen MR) is 150 cm³/mol. The number of anilines is 1.